The summed E-state index contributed by atoms with van der Waals surface area (Å²) in [6, 6.07) is 6.65. The average molecular weight is 622 g/mol. The van der Waals surface area contributed by atoms with Crippen molar-refractivity contribution in [3.05, 3.63) is 46.6 Å². The first kappa shape index (κ1) is 30.0. The first-order valence-electron chi connectivity index (χ1n) is 10.8. The van der Waals surface area contributed by atoms with Crippen LogP contribution in [0.15, 0.2) is 45.6 Å². The molecule has 5 atom stereocenters. The number of hydrogen-bond acceptors (Lipinski definition) is 15. The van der Waals surface area contributed by atoms with Crippen LogP contribution in [-0.2, 0) is 38.7 Å². The van der Waals surface area contributed by atoms with Gasteiger partial charge in [0.05, 0.1) is 0 Å². The number of ether oxygens (including phenoxy) is 2. The van der Waals surface area contributed by atoms with Crippen molar-refractivity contribution < 1.29 is 78.5 Å². The molecule has 1 aromatic heterocycles. The summed E-state index contributed by atoms with van der Waals surface area (Å²) in [5, 5.41) is 49.8. The molecule has 0 spiro atoms. The van der Waals surface area contributed by atoms with Gasteiger partial charge in [0.2, 0.25) is 12.0 Å². The Kier molecular flexibility index (Phi) is 7.86. The van der Waals surface area contributed by atoms with Gasteiger partial charge >= 0.3 is 26.8 Å². The summed E-state index contributed by atoms with van der Waals surface area (Å²) in [6.07, 6.45) is -12.8. The van der Waals surface area contributed by atoms with Gasteiger partial charge in [0.15, 0.2) is 29.0 Å². The number of rotatable bonds is 8. The molecule has 0 unspecified atom stereocenters. The predicted molar refractivity (Wildman–Crippen MR) is 129 cm³/mol. The van der Waals surface area contributed by atoms with Crippen molar-refractivity contribution in [3.63, 3.8) is 0 Å². The Morgan fingerprint density at radius 2 is 1.46 bits per heavy atom. The van der Waals surface area contributed by atoms with Crippen molar-refractivity contribution >= 4 is 37.7 Å². The zero-order valence-electron chi connectivity index (χ0n) is 19.8. The van der Waals surface area contributed by atoms with Crippen LogP contribution in [0.4, 0.5) is 0 Å². The van der Waals surface area contributed by atoms with Gasteiger partial charge in [-0.15, -0.1) is 0 Å². The Morgan fingerprint density at radius 1 is 0.878 bits per heavy atom. The van der Waals surface area contributed by atoms with Crippen LogP contribution in [0.25, 0.3) is 22.3 Å². The number of aliphatic hydroxyl groups excluding tert-OH is 1. The highest BCUT2D eigenvalue weighted by molar-refractivity contribution is 7.81. The second-order valence-electron chi connectivity index (χ2n) is 8.32. The molecule has 0 aliphatic carbocycles. The Hall–Kier alpha value is -4.02. The summed E-state index contributed by atoms with van der Waals surface area (Å²) in [7, 11) is -11.0. The van der Waals surface area contributed by atoms with Crippen molar-refractivity contribution in [3.8, 4) is 34.3 Å². The predicted octanol–water partition coefficient (Wildman–Crippen LogP) is -0.498. The van der Waals surface area contributed by atoms with Gasteiger partial charge < -0.3 is 39.4 Å². The molecule has 0 bridgehead atoms. The van der Waals surface area contributed by atoms with E-state index >= 15 is 0 Å². The third-order valence-electron chi connectivity index (χ3n) is 5.53. The summed E-state index contributed by atoms with van der Waals surface area (Å²) in [5.74, 6) is -5.12. The molecule has 2 heterocycles. The van der Waals surface area contributed by atoms with Crippen molar-refractivity contribution in [2.75, 3.05) is 0 Å². The molecular formula is C21H18O18S2. The van der Waals surface area contributed by atoms with Gasteiger partial charge in [-0.25, -0.2) is 13.2 Å². The van der Waals surface area contributed by atoms with E-state index in [-0.39, 0.29) is 17.1 Å². The van der Waals surface area contributed by atoms with Gasteiger partial charge in [0.1, 0.15) is 34.9 Å². The smallest absolute Gasteiger partial charge is 0.397 e. The van der Waals surface area contributed by atoms with Crippen LogP contribution in [0, 0.1) is 0 Å². The van der Waals surface area contributed by atoms with Crippen molar-refractivity contribution in [1.29, 1.82) is 0 Å². The standard InChI is InChI=1S/C21H18O18S2/c22-8-3-1-7(2-4-8)12-6-10(24)13-9(23)5-11(25)15(16(13)35-12)36-21-18(39-41(32,33)34)14(26)17(38-40(29,30)31)19(37-21)20(27)28/h1-6,14,17-19,21-23,25-26H,(H,27,28)(H,29,30,31)(H,32,33,34)/t14-,17+,18+,19-,21-/m1/s1. The number of aliphatic carboxylic acids is 1. The number of carbonyl (C=O) groups is 1. The van der Waals surface area contributed by atoms with E-state index in [9.17, 15) is 56.5 Å². The van der Waals surface area contributed by atoms with E-state index in [0.29, 0.717) is 6.07 Å². The molecule has 222 valence electrons. The Bertz CT molecular complexity index is 1760. The fourth-order valence-electron chi connectivity index (χ4n) is 3.89. The largest absolute Gasteiger partial charge is 0.508 e. The summed E-state index contributed by atoms with van der Waals surface area (Å²) >= 11 is 0. The first-order chi connectivity index (χ1) is 18.9. The third-order valence-corrected chi connectivity index (χ3v) is 6.46. The van der Waals surface area contributed by atoms with Gasteiger partial charge in [0, 0.05) is 17.7 Å². The van der Waals surface area contributed by atoms with E-state index in [1.165, 1.54) is 24.3 Å². The minimum Gasteiger partial charge on any atom is -0.508 e. The molecule has 0 saturated carbocycles. The summed E-state index contributed by atoms with van der Waals surface area (Å²) < 4.78 is 88.0. The van der Waals surface area contributed by atoms with Gasteiger partial charge in [-0.1, -0.05) is 0 Å². The van der Waals surface area contributed by atoms with Crippen LogP contribution in [0.3, 0.4) is 0 Å². The van der Waals surface area contributed by atoms with Crippen LogP contribution in [-0.4, -0.2) is 88.1 Å². The number of aliphatic hydroxyl groups is 1. The lowest BCUT2D eigenvalue weighted by atomic mass is 9.99. The highest BCUT2D eigenvalue weighted by Crippen LogP contribution is 2.42. The van der Waals surface area contributed by atoms with E-state index in [2.05, 4.69) is 8.37 Å². The molecule has 2 aromatic carbocycles. The first-order valence-corrected chi connectivity index (χ1v) is 13.5. The Morgan fingerprint density at radius 3 is 2.02 bits per heavy atom. The number of benzene rings is 2. The highest BCUT2D eigenvalue weighted by atomic mass is 32.3. The maximum Gasteiger partial charge on any atom is 0.397 e. The van der Waals surface area contributed by atoms with E-state index in [1.807, 2.05) is 0 Å². The molecular weight excluding hydrogens is 604 g/mol. The molecule has 41 heavy (non-hydrogen) atoms. The van der Waals surface area contributed by atoms with Gasteiger partial charge in [-0.3, -0.25) is 13.9 Å². The number of hydrogen-bond donors (Lipinski definition) is 7. The average Bonchev–Trinajstić information content (AvgIpc) is 2.83. The lowest BCUT2D eigenvalue weighted by molar-refractivity contribution is -0.261. The van der Waals surface area contributed by atoms with E-state index in [4.69, 9.17) is 18.4 Å². The number of fused-ring (bicyclic) bond motifs is 1. The molecule has 18 nitrogen and oxygen atoms in total. The second-order valence-corrected chi connectivity index (χ2v) is 10.4. The summed E-state index contributed by atoms with van der Waals surface area (Å²) in [4.78, 5) is 24.6. The maximum atomic E-state index is 12.8. The summed E-state index contributed by atoms with van der Waals surface area (Å²) in [6.45, 7) is 0. The van der Waals surface area contributed by atoms with Crippen LogP contribution >= 0.6 is 0 Å². The molecule has 1 aliphatic rings. The van der Waals surface area contributed by atoms with Crippen molar-refractivity contribution in [1.82, 2.24) is 0 Å². The third kappa shape index (κ3) is 6.49. The van der Waals surface area contributed by atoms with E-state index in [1.54, 1.807) is 0 Å². The maximum absolute atomic E-state index is 12.8. The van der Waals surface area contributed by atoms with E-state index in [0.717, 1.165) is 6.07 Å². The number of aromatic hydroxyl groups is 3. The molecule has 0 amide bonds. The molecule has 3 aromatic rings. The minimum atomic E-state index is -5.53. The molecule has 4 rings (SSSR count). The van der Waals surface area contributed by atoms with Gasteiger partial charge in [-0.05, 0) is 24.3 Å². The zero-order valence-corrected chi connectivity index (χ0v) is 21.4. The van der Waals surface area contributed by atoms with Crippen LogP contribution in [0.1, 0.15) is 0 Å². The fraction of sp³-hybridized carbons (Fsp3) is 0.238. The van der Waals surface area contributed by atoms with Gasteiger partial charge in [-0.2, -0.15) is 16.8 Å². The van der Waals surface area contributed by atoms with Crippen LogP contribution in [0.2, 0.25) is 0 Å². The van der Waals surface area contributed by atoms with Crippen molar-refractivity contribution in [2.45, 2.75) is 30.7 Å². The SMILES string of the molecule is O=C(O)[C@@H]1O[C@@H](Oc2c(O)cc(O)c3c(=O)cc(-c4ccc(O)cc4)oc23)[C@@H](OS(=O)(=O)O)[C@H](O)[C@@H]1OS(=O)(=O)O. The molecule has 7 N–H and O–H groups in total. The summed E-state index contributed by atoms with van der Waals surface area (Å²) in [5.41, 5.74) is -1.43. The van der Waals surface area contributed by atoms with Crippen LogP contribution in [0.5, 0.6) is 23.0 Å². The lowest BCUT2D eigenvalue weighted by Gasteiger charge is -2.40. The molecule has 1 aliphatic heterocycles. The number of phenols is 3. The zero-order chi connectivity index (χ0) is 30.4. The van der Waals surface area contributed by atoms with E-state index < -0.39 is 91.1 Å². The Labute approximate surface area is 228 Å². The number of carboxylic acid groups (broad SMARTS) is 1. The Balaban J connectivity index is 1.87. The monoisotopic (exact) mass is 622 g/mol. The topological polar surface area (TPSA) is 294 Å². The fourth-order valence-corrected chi connectivity index (χ4v) is 4.87. The number of phenolic OH excluding ortho intramolecular Hbond substituents is 3. The van der Waals surface area contributed by atoms with Gasteiger partial charge in [0.25, 0.3) is 0 Å². The second kappa shape index (κ2) is 10.8. The normalized spacial score (nSPS) is 23.3. The highest BCUT2D eigenvalue weighted by Gasteiger charge is 2.54. The molecule has 1 fully saturated rings. The molecule has 0 radical (unpaired) electrons. The molecule has 1 saturated heterocycles. The minimum absolute atomic E-state index is 0.140. The number of carboxylic acids is 1. The quantitative estimate of drug-likeness (QED) is 0.156. The molecule has 20 heteroatoms. The lowest BCUT2D eigenvalue weighted by Crippen LogP contribution is -2.63. The van der Waals surface area contributed by atoms with Crippen LogP contribution < -0.4 is 10.2 Å². The van der Waals surface area contributed by atoms with Crippen molar-refractivity contribution in [2.24, 2.45) is 0 Å².